The molecule has 0 saturated carbocycles. The van der Waals surface area contributed by atoms with E-state index < -0.39 is 6.04 Å². The van der Waals surface area contributed by atoms with Gasteiger partial charge in [0.15, 0.2) is 5.78 Å². The fourth-order valence-electron chi connectivity index (χ4n) is 1.63. The standard InChI is InChI=1S/C14H12ClNO/c15-12-8-4-7-11(9-12)14(17)13(16)10-5-2-1-3-6-10/h1-9,13H,16H2. The smallest absolute Gasteiger partial charge is 0.184 e. The van der Waals surface area contributed by atoms with Crippen molar-refractivity contribution < 1.29 is 4.79 Å². The zero-order chi connectivity index (χ0) is 12.3. The Morgan fingerprint density at radius 1 is 1.06 bits per heavy atom. The van der Waals surface area contributed by atoms with Gasteiger partial charge < -0.3 is 5.73 Å². The molecule has 2 aromatic rings. The minimum Gasteiger partial charge on any atom is -0.318 e. The van der Waals surface area contributed by atoms with Crippen LogP contribution in [0.1, 0.15) is 22.0 Å². The van der Waals surface area contributed by atoms with Crippen molar-refractivity contribution in [2.75, 3.05) is 0 Å². The highest BCUT2D eigenvalue weighted by molar-refractivity contribution is 6.31. The molecule has 3 heteroatoms. The van der Waals surface area contributed by atoms with Crippen molar-refractivity contribution in [2.24, 2.45) is 5.73 Å². The van der Waals surface area contributed by atoms with E-state index in [0.29, 0.717) is 10.6 Å². The summed E-state index contributed by atoms with van der Waals surface area (Å²) in [5, 5.41) is 0.538. The lowest BCUT2D eigenvalue weighted by atomic mass is 9.98. The Balaban J connectivity index is 2.27. The highest BCUT2D eigenvalue weighted by Gasteiger charge is 2.17. The van der Waals surface area contributed by atoms with Crippen molar-refractivity contribution in [1.29, 1.82) is 0 Å². The van der Waals surface area contributed by atoms with Gasteiger partial charge in [-0.2, -0.15) is 0 Å². The number of hydrogen-bond donors (Lipinski definition) is 1. The van der Waals surface area contributed by atoms with Gasteiger partial charge >= 0.3 is 0 Å². The van der Waals surface area contributed by atoms with Crippen LogP contribution >= 0.6 is 11.6 Å². The molecule has 0 amide bonds. The largest absolute Gasteiger partial charge is 0.318 e. The highest BCUT2D eigenvalue weighted by Crippen LogP contribution is 2.18. The zero-order valence-corrected chi connectivity index (χ0v) is 9.89. The second-order valence-electron chi connectivity index (χ2n) is 3.76. The van der Waals surface area contributed by atoms with Crippen LogP contribution in [0.5, 0.6) is 0 Å². The molecule has 0 radical (unpaired) electrons. The molecule has 0 bridgehead atoms. The molecule has 0 heterocycles. The van der Waals surface area contributed by atoms with Gasteiger partial charge in [0.25, 0.3) is 0 Å². The molecule has 1 unspecified atom stereocenters. The molecule has 0 aliphatic heterocycles. The molecule has 0 spiro atoms. The maximum absolute atomic E-state index is 12.1. The molecule has 0 aliphatic rings. The van der Waals surface area contributed by atoms with Gasteiger partial charge in [0.05, 0.1) is 6.04 Å². The quantitative estimate of drug-likeness (QED) is 0.844. The van der Waals surface area contributed by atoms with Gasteiger partial charge in [-0.3, -0.25) is 4.79 Å². The predicted molar refractivity (Wildman–Crippen MR) is 69.2 cm³/mol. The van der Waals surface area contributed by atoms with Crippen molar-refractivity contribution in [1.82, 2.24) is 0 Å². The Hall–Kier alpha value is -1.64. The molecule has 2 aromatic carbocycles. The molecule has 0 saturated heterocycles. The van der Waals surface area contributed by atoms with Crippen molar-refractivity contribution in [2.45, 2.75) is 6.04 Å². The number of hydrogen-bond acceptors (Lipinski definition) is 2. The van der Waals surface area contributed by atoms with E-state index in [-0.39, 0.29) is 5.78 Å². The Morgan fingerprint density at radius 2 is 1.76 bits per heavy atom. The molecule has 0 aliphatic carbocycles. The number of rotatable bonds is 3. The van der Waals surface area contributed by atoms with E-state index in [1.54, 1.807) is 24.3 Å². The summed E-state index contributed by atoms with van der Waals surface area (Å²) < 4.78 is 0. The van der Waals surface area contributed by atoms with Crippen LogP contribution in [0.2, 0.25) is 5.02 Å². The Kier molecular flexibility index (Phi) is 3.57. The summed E-state index contributed by atoms with van der Waals surface area (Å²) >= 11 is 5.85. The van der Waals surface area contributed by atoms with Gasteiger partial charge in [-0.05, 0) is 17.7 Å². The number of ketones is 1. The first-order valence-electron chi connectivity index (χ1n) is 5.29. The van der Waals surface area contributed by atoms with Gasteiger partial charge in [-0.1, -0.05) is 54.1 Å². The van der Waals surface area contributed by atoms with Gasteiger partial charge in [-0.25, -0.2) is 0 Å². The summed E-state index contributed by atoms with van der Waals surface area (Å²) in [7, 11) is 0. The normalized spacial score (nSPS) is 12.1. The summed E-state index contributed by atoms with van der Waals surface area (Å²) in [4.78, 5) is 12.1. The zero-order valence-electron chi connectivity index (χ0n) is 9.14. The van der Waals surface area contributed by atoms with E-state index in [2.05, 4.69) is 0 Å². The van der Waals surface area contributed by atoms with Gasteiger partial charge in [0.2, 0.25) is 0 Å². The summed E-state index contributed by atoms with van der Waals surface area (Å²) in [5.74, 6) is -0.126. The first-order chi connectivity index (χ1) is 8.18. The fourth-order valence-corrected chi connectivity index (χ4v) is 1.82. The highest BCUT2D eigenvalue weighted by atomic mass is 35.5. The maximum Gasteiger partial charge on any atom is 0.184 e. The first-order valence-corrected chi connectivity index (χ1v) is 5.66. The van der Waals surface area contributed by atoms with Crippen LogP contribution < -0.4 is 5.73 Å². The number of halogens is 1. The second kappa shape index (κ2) is 5.13. The molecule has 2 rings (SSSR count). The van der Waals surface area contributed by atoms with Gasteiger partial charge in [0.1, 0.15) is 0 Å². The minimum atomic E-state index is -0.644. The number of Topliss-reactive ketones (excluding diaryl/α,β-unsaturated/α-hetero) is 1. The molecular formula is C14H12ClNO. The number of nitrogens with two attached hydrogens (primary N) is 1. The fraction of sp³-hybridized carbons (Fsp3) is 0.0714. The van der Waals surface area contributed by atoms with E-state index in [0.717, 1.165) is 5.56 Å². The summed E-state index contributed by atoms with van der Waals surface area (Å²) in [6.45, 7) is 0. The lowest BCUT2D eigenvalue weighted by Crippen LogP contribution is -2.21. The van der Waals surface area contributed by atoms with E-state index in [9.17, 15) is 4.79 Å². The minimum absolute atomic E-state index is 0.126. The Labute approximate surface area is 105 Å². The van der Waals surface area contributed by atoms with Crippen LogP contribution in [-0.2, 0) is 0 Å². The van der Waals surface area contributed by atoms with Gasteiger partial charge in [-0.15, -0.1) is 0 Å². The van der Waals surface area contributed by atoms with E-state index >= 15 is 0 Å². The van der Waals surface area contributed by atoms with Crippen molar-refractivity contribution in [3.8, 4) is 0 Å². The van der Waals surface area contributed by atoms with E-state index in [1.807, 2.05) is 30.3 Å². The molecule has 0 aromatic heterocycles. The molecule has 2 N–H and O–H groups in total. The lowest BCUT2D eigenvalue weighted by molar-refractivity contribution is 0.0961. The van der Waals surface area contributed by atoms with Crippen LogP contribution in [0.3, 0.4) is 0 Å². The van der Waals surface area contributed by atoms with Crippen molar-refractivity contribution in [3.05, 3.63) is 70.7 Å². The monoisotopic (exact) mass is 245 g/mol. The average molecular weight is 246 g/mol. The summed E-state index contributed by atoms with van der Waals surface area (Å²) in [5.41, 5.74) is 7.27. The molecular weight excluding hydrogens is 234 g/mol. The maximum atomic E-state index is 12.1. The average Bonchev–Trinajstić information content (AvgIpc) is 2.38. The van der Waals surface area contributed by atoms with E-state index in [4.69, 9.17) is 17.3 Å². The molecule has 86 valence electrons. The van der Waals surface area contributed by atoms with Crippen molar-refractivity contribution in [3.63, 3.8) is 0 Å². The predicted octanol–water partition coefficient (Wildman–Crippen LogP) is 3.22. The third-order valence-corrected chi connectivity index (χ3v) is 2.79. The summed E-state index contributed by atoms with van der Waals surface area (Å²) in [6.07, 6.45) is 0. The number of carbonyl (C=O) groups excluding carboxylic acids is 1. The van der Waals surface area contributed by atoms with Crippen LogP contribution in [0.4, 0.5) is 0 Å². The first kappa shape index (κ1) is 11.8. The lowest BCUT2D eigenvalue weighted by Gasteiger charge is -2.10. The molecule has 0 fully saturated rings. The Bertz CT molecular complexity index is 525. The third kappa shape index (κ3) is 2.73. The SMILES string of the molecule is NC(C(=O)c1cccc(Cl)c1)c1ccccc1. The van der Waals surface area contributed by atoms with E-state index in [1.165, 1.54) is 0 Å². The van der Waals surface area contributed by atoms with Crippen LogP contribution in [-0.4, -0.2) is 5.78 Å². The molecule has 1 atom stereocenters. The van der Waals surface area contributed by atoms with Crippen LogP contribution in [0, 0.1) is 0 Å². The van der Waals surface area contributed by atoms with Crippen LogP contribution in [0.15, 0.2) is 54.6 Å². The topological polar surface area (TPSA) is 43.1 Å². The molecule has 2 nitrogen and oxygen atoms in total. The number of carbonyl (C=O) groups is 1. The Morgan fingerprint density at radius 3 is 2.41 bits per heavy atom. The van der Waals surface area contributed by atoms with Gasteiger partial charge in [0, 0.05) is 10.6 Å². The van der Waals surface area contributed by atoms with Crippen molar-refractivity contribution >= 4 is 17.4 Å². The second-order valence-corrected chi connectivity index (χ2v) is 4.20. The third-order valence-electron chi connectivity index (χ3n) is 2.55. The molecule has 17 heavy (non-hydrogen) atoms. The summed E-state index contributed by atoms with van der Waals surface area (Å²) in [6, 6.07) is 15.5. The number of benzene rings is 2. The van der Waals surface area contributed by atoms with Crippen LogP contribution in [0.25, 0.3) is 0 Å².